The normalized spacial score (nSPS) is 11.0. The van der Waals surface area contributed by atoms with Crippen molar-refractivity contribution in [1.82, 2.24) is 10.4 Å². The van der Waals surface area contributed by atoms with Gasteiger partial charge in [0.15, 0.2) is 0 Å². The van der Waals surface area contributed by atoms with Gasteiger partial charge in [-0.1, -0.05) is 11.6 Å². The van der Waals surface area contributed by atoms with Crippen molar-refractivity contribution in [3.05, 3.63) is 29.0 Å². The number of hydrogen-bond donors (Lipinski definition) is 1. The summed E-state index contributed by atoms with van der Waals surface area (Å²) >= 11 is 5.68. The minimum Gasteiger partial charge on any atom is -0.483 e. The van der Waals surface area contributed by atoms with Crippen LogP contribution in [0.15, 0.2) is 23.6 Å². The summed E-state index contributed by atoms with van der Waals surface area (Å²) in [5.41, 5.74) is 2.64. The van der Waals surface area contributed by atoms with E-state index in [-0.39, 0.29) is 5.91 Å². The lowest BCUT2D eigenvalue weighted by Gasteiger charge is -2.01. The third-order valence-corrected chi connectivity index (χ3v) is 1.78. The molecular formula is C9H10ClN3O2. The fraction of sp³-hybridized carbons (Fsp3) is 0.222. The molecule has 80 valence electrons. The first-order valence-corrected chi connectivity index (χ1v) is 4.50. The lowest BCUT2D eigenvalue weighted by atomic mass is 10.3. The van der Waals surface area contributed by atoms with Crippen LogP contribution in [0.1, 0.15) is 17.3 Å². The number of rotatable bonds is 2. The Kier molecular flexibility index (Phi) is 4.05. The van der Waals surface area contributed by atoms with E-state index in [9.17, 15) is 4.79 Å². The zero-order valence-corrected chi connectivity index (χ0v) is 9.08. The van der Waals surface area contributed by atoms with Crippen LogP contribution in [0.2, 0.25) is 5.02 Å². The number of pyridine rings is 1. The highest BCUT2D eigenvalue weighted by Gasteiger charge is 2.05. The summed E-state index contributed by atoms with van der Waals surface area (Å²) in [6.07, 6.45) is 2.85. The minimum atomic E-state index is -0.388. The molecule has 0 saturated carbocycles. The highest BCUT2D eigenvalue weighted by atomic mass is 35.5. The predicted molar refractivity (Wildman–Crippen MR) is 56.8 cm³/mol. The lowest BCUT2D eigenvalue weighted by molar-refractivity contribution is 0.0953. The van der Waals surface area contributed by atoms with E-state index in [1.54, 1.807) is 6.92 Å². The molecule has 0 fully saturated rings. The monoisotopic (exact) mass is 227 g/mol. The van der Waals surface area contributed by atoms with Crippen LogP contribution in [-0.2, 0) is 4.74 Å². The fourth-order valence-electron chi connectivity index (χ4n) is 0.776. The lowest BCUT2D eigenvalue weighted by Crippen LogP contribution is -2.19. The maximum Gasteiger partial charge on any atom is 0.273 e. The summed E-state index contributed by atoms with van der Waals surface area (Å²) in [6.45, 7) is 1.62. The Morgan fingerprint density at radius 2 is 2.33 bits per heavy atom. The first-order valence-electron chi connectivity index (χ1n) is 4.12. The van der Waals surface area contributed by atoms with Gasteiger partial charge in [0.1, 0.15) is 0 Å². The number of halogens is 1. The Morgan fingerprint density at radius 3 is 2.93 bits per heavy atom. The van der Waals surface area contributed by atoms with Gasteiger partial charge in [0.2, 0.25) is 5.90 Å². The summed E-state index contributed by atoms with van der Waals surface area (Å²) < 4.78 is 4.75. The average molecular weight is 228 g/mol. The molecule has 0 radical (unpaired) electrons. The molecule has 0 unspecified atom stereocenters. The SMILES string of the molecule is CO/C(C)=N\NC(=O)c1cncc(Cl)c1. The number of nitrogens with one attached hydrogen (secondary N) is 1. The minimum absolute atomic E-state index is 0.343. The number of carbonyl (C=O) groups is 1. The van der Waals surface area contributed by atoms with Gasteiger partial charge in [-0.25, -0.2) is 5.43 Å². The Labute approximate surface area is 92.1 Å². The van der Waals surface area contributed by atoms with Crippen LogP contribution in [0.4, 0.5) is 0 Å². The van der Waals surface area contributed by atoms with E-state index >= 15 is 0 Å². The standard InChI is InChI=1S/C9H10ClN3O2/c1-6(15-2)12-13-9(14)7-3-8(10)5-11-4-7/h3-5H,1-2H3,(H,13,14)/b12-6-. The molecular weight excluding hydrogens is 218 g/mol. The Hall–Kier alpha value is -1.62. The molecule has 0 aliphatic rings. The van der Waals surface area contributed by atoms with Gasteiger partial charge in [-0.3, -0.25) is 9.78 Å². The average Bonchev–Trinajstić information content (AvgIpc) is 2.25. The van der Waals surface area contributed by atoms with Gasteiger partial charge < -0.3 is 4.74 Å². The quantitative estimate of drug-likeness (QED) is 0.473. The second kappa shape index (κ2) is 5.31. The van der Waals surface area contributed by atoms with Gasteiger partial charge >= 0.3 is 0 Å². The van der Waals surface area contributed by atoms with E-state index in [4.69, 9.17) is 16.3 Å². The molecule has 1 rings (SSSR count). The molecule has 1 heterocycles. The van der Waals surface area contributed by atoms with Gasteiger partial charge in [-0.15, -0.1) is 5.10 Å². The van der Waals surface area contributed by atoms with Crippen LogP contribution in [0.5, 0.6) is 0 Å². The Bertz CT molecular complexity index is 393. The fourth-order valence-corrected chi connectivity index (χ4v) is 0.950. The van der Waals surface area contributed by atoms with Gasteiger partial charge in [-0.2, -0.15) is 0 Å². The van der Waals surface area contributed by atoms with Crippen LogP contribution in [-0.4, -0.2) is 23.9 Å². The number of hydrazone groups is 1. The molecule has 1 amide bonds. The number of carbonyl (C=O) groups excluding carboxylic acids is 1. The van der Waals surface area contributed by atoms with Gasteiger partial charge in [-0.05, 0) is 6.07 Å². The molecule has 1 N–H and O–H groups in total. The van der Waals surface area contributed by atoms with Crippen LogP contribution in [0.3, 0.4) is 0 Å². The summed E-state index contributed by atoms with van der Waals surface area (Å²) in [4.78, 5) is 15.2. The number of hydrogen-bond acceptors (Lipinski definition) is 4. The molecule has 5 nitrogen and oxygen atoms in total. The van der Waals surface area contributed by atoms with Crippen LogP contribution in [0.25, 0.3) is 0 Å². The van der Waals surface area contributed by atoms with Crippen molar-refractivity contribution in [2.24, 2.45) is 5.10 Å². The molecule has 0 atom stereocenters. The summed E-state index contributed by atoms with van der Waals surface area (Å²) in [7, 11) is 1.46. The van der Waals surface area contributed by atoms with E-state index < -0.39 is 0 Å². The smallest absolute Gasteiger partial charge is 0.273 e. The molecule has 1 aromatic heterocycles. The van der Waals surface area contributed by atoms with E-state index in [0.717, 1.165) is 0 Å². The van der Waals surface area contributed by atoms with Crippen molar-refractivity contribution in [1.29, 1.82) is 0 Å². The molecule has 0 aromatic carbocycles. The van der Waals surface area contributed by atoms with Crippen molar-refractivity contribution >= 4 is 23.4 Å². The number of amides is 1. The van der Waals surface area contributed by atoms with E-state index in [0.29, 0.717) is 16.5 Å². The molecule has 0 spiro atoms. The molecule has 15 heavy (non-hydrogen) atoms. The van der Waals surface area contributed by atoms with Crippen molar-refractivity contribution in [3.63, 3.8) is 0 Å². The van der Waals surface area contributed by atoms with Gasteiger partial charge in [0.05, 0.1) is 17.7 Å². The maximum absolute atomic E-state index is 11.4. The Balaban J connectivity index is 2.70. The number of nitrogens with zero attached hydrogens (tertiary/aromatic N) is 2. The predicted octanol–water partition coefficient (Wildman–Crippen LogP) is 1.44. The molecule has 0 aliphatic heterocycles. The topological polar surface area (TPSA) is 63.6 Å². The zero-order valence-electron chi connectivity index (χ0n) is 8.32. The molecule has 0 bridgehead atoms. The highest BCUT2D eigenvalue weighted by Crippen LogP contribution is 2.07. The van der Waals surface area contributed by atoms with E-state index in [2.05, 4.69) is 15.5 Å². The number of aromatic nitrogens is 1. The van der Waals surface area contributed by atoms with E-state index in [1.807, 2.05) is 0 Å². The van der Waals surface area contributed by atoms with Crippen molar-refractivity contribution in [3.8, 4) is 0 Å². The first kappa shape index (κ1) is 11.5. The van der Waals surface area contributed by atoms with Crippen molar-refractivity contribution in [2.75, 3.05) is 7.11 Å². The molecule has 1 aromatic rings. The third-order valence-electron chi connectivity index (χ3n) is 1.58. The Morgan fingerprint density at radius 1 is 1.60 bits per heavy atom. The van der Waals surface area contributed by atoms with Crippen LogP contribution < -0.4 is 5.43 Å². The first-order chi connectivity index (χ1) is 7.13. The van der Waals surface area contributed by atoms with Crippen LogP contribution in [0, 0.1) is 0 Å². The second-order valence-electron chi connectivity index (χ2n) is 2.67. The molecule has 6 heteroatoms. The van der Waals surface area contributed by atoms with Crippen molar-refractivity contribution in [2.45, 2.75) is 6.92 Å². The largest absolute Gasteiger partial charge is 0.483 e. The number of methoxy groups -OCH3 is 1. The second-order valence-corrected chi connectivity index (χ2v) is 3.10. The third kappa shape index (κ3) is 3.55. The zero-order chi connectivity index (χ0) is 11.3. The maximum atomic E-state index is 11.4. The van der Waals surface area contributed by atoms with Gasteiger partial charge in [0.25, 0.3) is 5.91 Å². The van der Waals surface area contributed by atoms with Gasteiger partial charge in [0, 0.05) is 19.3 Å². The highest BCUT2D eigenvalue weighted by molar-refractivity contribution is 6.30. The summed E-state index contributed by atoms with van der Waals surface area (Å²) in [5.74, 6) is -0.0280. The summed E-state index contributed by atoms with van der Waals surface area (Å²) in [6, 6.07) is 1.50. The molecule has 0 saturated heterocycles. The van der Waals surface area contributed by atoms with Crippen molar-refractivity contribution < 1.29 is 9.53 Å². The van der Waals surface area contributed by atoms with E-state index in [1.165, 1.54) is 25.6 Å². The number of ether oxygens (including phenoxy) is 1. The van der Waals surface area contributed by atoms with Crippen LogP contribution >= 0.6 is 11.6 Å². The summed E-state index contributed by atoms with van der Waals surface area (Å²) in [5, 5.41) is 4.07. The molecule has 0 aliphatic carbocycles.